The van der Waals surface area contributed by atoms with E-state index >= 15 is 0 Å². The first-order valence-electron chi connectivity index (χ1n) is 6.18. The largest absolute Gasteiger partial charge is 0.481 e. The van der Waals surface area contributed by atoms with E-state index in [1.165, 1.54) is 5.69 Å². The summed E-state index contributed by atoms with van der Waals surface area (Å²) in [6, 6.07) is 4.11. The standard InChI is InChI=1S/C13H18N2O3/c1-9-3-4-11-10(2)15(8-7-14(9)11)12(16)5-6-13(17)18/h3-4,10H,5-8H2,1-2H3,(H,17,18). The van der Waals surface area contributed by atoms with Crippen molar-refractivity contribution >= 4 is 11.9 Å². The lowest BCUT2D eigenvalue weighted by molar-refractivity contribution is -0.142. The number of fused-ring (bicyclic) bond motifs is 1. The highest BCUT2D eigenvalue weighted by molar-refractivity contribution is 5.81. The molecule has 5 nitrogen and oxygen atoms in total. The minimum absolute atomic E-state index is 0.0220. The summed E-state index contributed by atoms with van der Waals surface area (Å²) in [6.07, 6.45) is -0.0124. The normalized spacial score (nSPS) is 18.6. The molecule has 0 saturated heterocycles. The molecule has 0 bridgehead atoms. The van der Waals surface area contributed by atoms with Gasteiger partial charge < -0.3 is 14.6 Å². The summed E-state index contributed by atoms with van der Waals surface area (Å²) in [4.78, 5) is 24.3. The average molecular weight is 250 g/mol. The van der Waals surface area contributed by atoms with Crippen LogP contribution in [0.4, 0.5) is 0 Å². The minimum Gasteiger partial charge on any atom is -0.481 e. The van der Waals surface area contributed by atoms with Gasteiger partial charge in [0.25, 0.3) is 0 Å². The molecule has 0 aromatic carbocycles. The van der Waals surface area contributed by atoms with Crippen LogP contribution in [-0.4, -0.2) is 33.0 Å². The molecule has 0 aliphatic carbocycles. The molecule has 1 unspecified atom stereocenters. The number of carbonyl (C=O) groups is 2. The maximum atomic E-state index is 12.0. The third-order valence-corrected chi connectivity index (χ3v) is 3.57. The second kappa shape index (κ2) is 4.84. The Kier molecular flexibility index (Phi) is 3.41. The molecule has 98 valence electrons. The van der Waals surface area contributed by atoms with E-state index in [1.54, 1.807) is 4.90 Å². The fourth-order valence-corrected chi connectivity index (χ4v) is 2.52. The molecule has 1 N–H and O–H groups in total. The van der Waals surface area contributed by atoms with E-state index in [9.17, 15) is 9.59 Å². The Bertz CT molecular complexity index is 479. The summed E-state index contributed by atoms with van der Waals surface area (Å²) in [5.41, 5.74) is 2.33. The van der Waals surface area contributed by atoms with Gasteiger partial charge in [-0.1, -0.05) is 0 Å². The second-order valence-electron chi connectivity index (χ2n) is 4.71. The minimum atomic E-state index is -0.924. The lowest BCUT2D eigenvalue weighted by Crippen LogP contribution is -2.41. The van der Waals surface area contributed by atoms with Crippen molar-refractivity contribution < 1.29 is 14.7 Å². The molecular formula is C13H18N2O3. The van der Waals surface area contributed by atoms with Crippen molar-refractivity contribution in [2.24, 2.45) is 0 Å². The zero-order chi connectivity index (χ0) is 13.3. The zero-order valence-electron chi connectivity index (χ0n) is 10.7. The number of carbonyl (C=O) groups excluding carboxylic acids is 1. The van der Waals surface area contributed by atoms with Crippen LogP contribution in [0, 0.1) is 6.92 Å². The topological polar surface area (TPSA) is 62.5 Å². The van der Waals surface area contributed by atoms with Gasteiger partial charge in [0, 0.05) is 30.9 Å². The molecule has 0 saturated carbocycles. The lowest BCUT2D eigenvalue weighted by atomic mass is 10.1. The molecule has 1 aliphatic heterocycles. The molecule has 0 radical (unpaired) electrons. The maximum Gasteiger partial charge on any atom is 0.303 e. The molecule has 1 aromatic rings. The monoisotopic (exact) mass is 250 g/mol. The Balaban J connectivity index is 2.09. The molecule has 5 heteroatoms. The van der Waals surface area contributed by atoms with Crippen molar-refractivity contribution in [2.75, 3.05) is 6.54 Å². The van der Waals surface area contributed by atoms with Crippen molar-refractivity contribution in [2.45, 2.75) is 39.3 Å². The third-order valence-electron chi connectivity index (χ3n) is 3.57. The smallest absolute Gasteiger partial charge is 0.303 e. The number of hydrogen-bond donors (Lipinski definition) is 1. The van der Waals surface area contributed by atoms with Crippen LogP contribution in [0.5, 0.6) is 0 Å². The van der Waals surface area contributed by atoms with Crippen molar-refractivity contribution in [1.29, 1.82) is 0 Å². The van der Waals surface area contributed by atoms with Gasteiger partial charge in [0.15, 0.2) is 0 Å². The van der Waals surface area contributed by atoms with Crippen LogP contribution in [0.25, 0.3) is 0 Å². The molecule has 0 spiro atoms. The molecule has 0 fully saturated rings. The van der Waals surface area contributed by atoms with Gasteiger partial charge in [-0.3, -0.25) is 9.59 Å². The molecule has 2 heterocycles. The first-order chi connectivity index (χ1) is 8.50. The van der Waals surface area contributed by atoms with Gasteiger partial charge >= 0.3 is 5.97 Å². The highest BCUT2D eigenvalue weighted by Gasteiger charge is 2.28. The van der Waals surface area contributed by atoms with Crippen molar-refractivity contribution in [3.8, 4) is 0 Å². The lowest BCUT2D eigenvalue weighted by Gasteiger charge is -2.35. The zero-order valence-corrected chi connectivity index (χ0v) is 10.7. The Hall–Kier alpha value is -1.78. The number of rotatable bonds is 3. The first-order valence-corrected chi connectivity index (χ1v) is 6.18. The van der Waals surface area contributed by atoms with E-state index in [4.69, 9.17) is 5.11 Å². The van der Waals surface area contributed by atoms with Gasteiger partial charge in [-0.25, -0.2) is 0 Å². The molecule has 18 heavy (non-hydrogen) atoms. The van der Waals surface area contributed by atoms with Gasteiger partial charge in [-0.2, -0.15) is 0 Å². The Morgan fingerprint density at radius 1 is 1.33 bits per heavy atom. The number of nitrogens with zero attached hydrogens (tertiary/aromatic N) is 2. The van der Waals surface area contributed by atoms with Crippen LogP contribution in [0.1, 0.15) is 37.2 Å². The molecule has 1 aliphatic rings. The summed E-state index contributed by atoms with van der Waals surface area (Å²) < 4.78 is 2.21. The predicted octanol–water partition coefficient (Wildman–Crippen LogP) is 1.56. The van der Waals surface area contributed by atoms with Crippen molar-refractivity contribution in [1.82, 2.24) is 9.47 Å². The number of aryl methyl sites for hydroxylation is 1. The Morgan fingerprint density at radius 3 is 2.72 bits per heavy atom. The number of carboxylic acids is 1. The molecule has 1 aromatic heterocycles. The summed E-state index contributed by atoms with van der Waals surface area (Å²) in [5.74, 6) is -0.998. The number of carboxylic acid groups (broad SMARTS) is 1. The van der Waals surface area contributed by atoms with Crippen LogP contribution in [0.2, 0.25) is 0 Å². The van der Waals surface area contributed by atoms with E-state index in [1.807, 2.05) is 13.0 Å². The highest BCUT2D eigenvalue weighted by Crippen LogP contribution is 2.27. The maximum absolute atomic E-state index is 12.0. The van der Waals surface area contributed by atoms with Crippen LogP contribution < -0.4 is 0 Å². The van der Waals surface area contributed by atoms with E-state index in [-0.39, 0.29) is 24.8 Å². The SMILES string of the molecule is Cc1ccc2n1CCN(C(=O)CCC(=O)O)C2C. The summed E-state index contributed by atoms with van der Waals surface area (Å²) in [6.45, 7) is 5.49. The van der Waals surface area contributed by atoms with E-state index < -0.39 is 5.97 Å². The number of aliphatic carboxylic acids is 1. The molecule has 1 amide bonds. The van der Waals surface area contributed by atoms with Gasteiger partial charge in [-0.05, 0) is 26.0 Å². The molecule has 2 rings (SSSR count). The average Bonchev–Trinajstić information content (AvgIpc) is 2.69. The van der Waals surface area contributed by atoms with E-state index in [0.29, 0.717) is 6.54 Å². The summed E-state index contributed by atoms with van der Waals surface area (Å²) in [7, 11) is 0. The van der Waals surface area contributed by atoms with Gasteiger partial charge in [0.1, 0.15) is 0 Å². The fourth-order valence-electron chi connectivity index (χ4n) is 2.52. The summed E-state index contributed by atoms with van der Waals surface area (Å²) in [5, 5.41) is 8.61. The number of amides is 1. The quantitative estimate of drug-likeness (QED) is 0.885. The van der Waals surface area contributed by atoms with Crippen LogP contribution in [0.15, 0.2) is 12.1 Å². The second-order valence-corrected chi connectivity index (χ2v) is 4.71. The van der Waals surface area contributed by atoms with Crippen molar-refractivity contribution in [3.63, 3.8) is 0 Å². The summed E-state index contributed by atoms with van der Waals surface area (Å²) >= 11 is 0. The van der Waals surface area contributed by atoms with Crippen molar-refractivity contribution in [3.05, 3.63) is 23.5 Å². The number of hydrogen-bond acceptors (Lipinski definition) is 2. The first kappa shape index (κ1) is 12.7. The Labute approximate surface area is 106 Å². The van der Waals surface area contributed by atoms with Gasteiger partial charge in [-0.15, -0.1) is 0 Å². The molecule has 1 atom stereocenters. The highest BCUT2D eigenvalue weighted by atomic mass is 16.4. The van der Waals surface area contributed by atoms with Gasteiger partial charge in [0.05, 0.1) is 12.5 Å². The van der Waals surface area contributed by atoms with Crippen LogP contribution >= 0.6 is 0 Å². The predicted molar refractivity (Wildman–Crippen MR) is 66.2 cm³/mol. The Morgan fingerprint density at radius 2 is 2.06 bits per heavy atom. The van der Waals surface area contributed by atoms with Gasteiger partial charge in [0.2, 0.25) is 5.91 Å². The third kappa shape index (κ3) is 2.25. The van der Waals surface area contributed by atoms with Crippen LogP contribution in [0.3, 0.4) is 0 Å². The fraction of sp³-hybridized carbons (Fsp3) is 0.538. The molecular weight excluding hydrogens is 232 g/mol. The van der Waals surface area contributed by atoms with Crippen LogP contribution in [-0.2, 0) is 16.1 Å². The number of aromatic nitrogens is 1. The van der Waals surface area contributed by atoms with E-state index in [2.05, 4.69) is 17.6 Å². The van der Waals surface area contributed by atoms with E-state index in [0.717, 1.165) is 12.2 Å².